The molecule has 0 atom stereocenters. The predicted octanol–water partition coefficient (Wildman–Crippen LogP) is 2.25. The van der Waals surface area contributed by atoms with E-state index in [1.807, 2.05) is 13.0 Å². The van der Waals surface area contributed by atoms with Crippen LogP contribution in [0.5, 0.6) is 0 Å². The number of carbonyl (C=O) groups excluding carboxylic acids is 1. The topological polar surface area (TPSA) is 76.4 Å². The second kappa shape index (κ2) is 6.80. The Morgan fingerprint density at radius 1 is 1.38 bits per heavy atom. The van der Waals surface area contributed by atoms with Gasteiger partial charge < -0.3 is 21.1 Å². The fraction of sp³-hybridized carbons (Fsp3) is 0.562. The van der Waals surface area contributed by atoms with E-state index in [0.717, 1.165) is 38.3 Å². The van der Waals surface area contributed by atoms with Crippen LogP contribution < -0.4 is 16.4 Å². The third-order valence-electron chi connectivity index (χ3n) is 4.06. The van der Waals surface area contributed by atoms with Crippen LogP contribution in [0.2, 0.25) is 0 Å². The van der Waals surface area contributed by atoms with Crippen LogP contribution in [-0.2, 0) is 4.74 Å². The van der Waals surface area contributed by atoms with Crippen LogP contribution in [0.25, 0.3) is 0 Å². The van der Waals surface area contributed by atoms with Gasteiger partial charge in [-0.1, -0.05) is 6.92 Å². The predicted molar refractivity (Wildman–Crippen MR) is 85.5 cm³/mol. The molecule has 0 aromatic heterocycles. The SMILES string of the molecule is CCNC(=O)c1ccc(N)c(NCC2(C)CCOCC2)c1. The first-order valence-corrected chi connectivity index (χ1v) is 7.53. The zero-order valence-corrected chi connectivity index (χ0v) is 12.9. The van der Waals surface area contributed by atoms with E-state index in [1.54, 1.807) is 12.1 Å². The molecule has 21 heavy (non-hydrogen) atoms. The molecule has 1 aliphatic rings. The van der Waals surface area contributed by atoms with Crippen LogP contribution in [0.4, 0.5) is 11.4 Å². The lowest BCUT2D eigenvalue weighted by Crippen LogP contribution is -2.33. The number of rotatable bonds is 5. The molecule has 1 heterocycles. The lowest BCUT2D eigenvalue weighted by Gasteiger charge is -2.34. The molecule has 1 saturated heterocycles. The molecular weight excluding hydrogens is 266 g/mol. The van der Waals surface area contributed by atoms with Crippen LogP contribution in [0.1, 0.15) is 37.0 Å². The van der Waals surface area contributed by atoms with Gasteiger partial charge in [-0.2, -0.15) is 0 Å². The van der Waals surface area contributed by atoms with E-state index in [9.17, 15) is 4.79 Å². The van der Waals surface area contributed by atoms with E-state index in [4.69, 9.17) is 10.5 Å². The van der Waals surface area contributed by atoms with Crippen LogP contribution in [-0.4, -0.2) is 32.2 Å². The van der Waals surface area contributed by atoms with Gasteiger partial charge >= 0.3 is 0 Å². The minimum atomic E-state index is -0.0715. The molecular formula is C16H25N3O2. The summed E-state index contributed by atoms with van der Waals surface area (Å²) < 4.78 is 5.41. The first-order chi connectivity index (χ1) is 10.0. The van der Waals surface area contributed by atoms with E-state index < -0.39 is 0 Å². The van der Waals surface area contributed by atoms with E-state index in [-0.39, 0.29) is 11.3 Å². The number of anilines is 2. The number of hydrogen-bond acceptors (Lipinski definition) is 4. The Labute approximate surface area is 126 Å². The van der Waals surface area contributed by atoms with Gasteiger partial charge in [0.05, 0.1) is 11.4 Å². The molecule has 5 heteroatoms. The van der Waals surface area contributed by atoms with Crippen molar-refractivity contribution in [3.63, 3.8) is 0 Å². The zero-order valence-electron chi connectivity index (χ0n) is 12.9. The van der Waals surface area contributed by atoms with Crippen LogP contribution >= 0.6 is 0 Å². The summed E-state index contributed by atoms with van der Waals surface area (Å²) in [6.07, 6.45) is 2.08. The lowest BCUT2D eigenvalue weighted by atomic mass is 9.82. The molecule has 0 aliphatic carbocycles. The molecule has 0 radical (unpaired) electrons. The Morgan fingerprint density at radius 3 is 2.76 bits per heavy atom. The number of hydrogen-bond donors (Lipinski definition) is 3. The fourth-order valence-corrected chi connectivity index (χ4v) is 2.46. The van der Waals surface area contributed by atoms with Gasteiger partial charge in [-0.15, -0.1) is 0 Å². The van der Waals surface area contributed by atoms with Gasteiger partial charge in [-0.3, -0.25) is 4.79 Å². The van der Waals surface area contributed by atoms with Gasteiger partial charge in [0, 0.05) is 31.9 Å². The molecule has 1 aliphatic heterocycles. The highest BCUT2D eigenvalue weighted by molar-refractivity contribution is 5.96. The number of ether oxygens (including phenoxy) is 1. The average molecular weight is 291 g/mol. The second-order valence-electron chi connectivity index (χ2n) is 5.94. The minimum Gasteiger partial charge on any atom is -0.397 e. The zero-order chi connectivity index (χ0) is 15.3. The highest BCUT2D eigenvalue weighted by Gasteiger charge is 2.27. The largest absolute Gasteiger partial charge is 0.397 e. The molecule has 0 bridgehead atoms. The third kappa shape index (κ3) is 4.11. The van der Waals surface area contributed by atoms with Gasteiger partial charge in [0.2, 0.25) is 0 Å². The Hall–Kier alpha value is -1.75. The van der Waals surface area contributed by atoms with E-state index >= 15 is 0 Å². The Bertz CT molecular complexity index is 496. The normalized spacial score (nSPS) is 17.2. The summed E-state index contributed by atoms with van der Waals surface area (Å²) in [6.45, 7) is 7.23. The van der Waals surface area contributed by atoms with Crippen molar-refractivity contribution in [2.75, 3.05) is 37.4 Å². The van der Waals surface area contributed by atoms with Crippen molar-refractivity contribution >= 4 is 17.3 Å². The summed E-state index contributed by atoms with van der Waals surface area (Å²) in [6, 6.07) is 5.35. The van der Waals surface area contributed by atoms with E-state index in [0.29, 0.717) is 17.8 Å². The van der Waals surface area contributed by atoms with Gasteiger partial charge in [0.1, 0.15) is 0 Å². The maximum absolute atomic E-state index is 11.9. The van der Waals surface area contributed by atoms with Gasteiger partial charge in [0.25, 0.3) is 5.91 Å². The van der Waals surface area contributed by atoms with Gasteiger partial charge in [-0.25, -0.2) is 0 Å². The van der Waals surface area contributed by atoms with Gasteiger partial charge in [-0.05, 0) is 43.4 Å². The quantitative estimate of drug-likeness (QED) is 0.727. The molecule has 1 aromatic rings. The monoisotopic (exact) mass is 291 g/mol. The maximum Gasteiger partial charge on any atom is 0.251 e. The van der Waals surface area contributed by atoms with E-state index in [1.165, 1.54) is 0 Å². The molecule has 5 nitrogen and oxygen atoms in total. The number of nitrogen functional groups attached to an aromatic ring is 1. The highest BCUT2D eigenvalue weighted by Crippen LogP contribution is 2.31. The first-order valence-electron chi connectivity index (χ1n) is 7.53. The molecule has 1 aromatic carbocycles. The third-order valence-corrected chi connectivity index (χ3v) is 4.06. The Morgan fingerprint density at radius 2 is 2.10 bits per heavy atom. The molecule has 0 spiro atoms. The van der Waals surface area contributed by atoms with Crippen molar-refractivity contribution in [1.82, 2.24) is 5.32 Å². The van der Waals surface area contributed by atoms with Crippen LogP contribution in [0, 0.1) is 5.41 Å². The van der Waals surface area contributed by atoms with Crippen molar-refractivity contribution in [3.8, 4) is 0 Å². The summed E-state index contributed by atoms with van der Waals surface area (Å²) in [5, 5.41) is 6.20. The number of amides is 1. The highest BCUT2D eigenvalue weighted by atomic mass is 16.5. The van der Waals surface area contributed by atoms with Crippen molar-refractivity contribution in [2.24, 2.45) is 5.41 Å². The molecule has 116 valence electrons. The summed E-state index contributed by atoms with van der Waals surface area (Å²) in [5.74, 6) is -0.0715. The van der Waals surface area contributed by atoms with Crippen molar-refractivity contribution in [3.05, 3.63) is 23.8 Å². The standard InChI is InChI=1S/C16H25N3O2/c1-3-18-15(20)12-4-5-13(17)14(10-12)19-11-16(2)6-8-21-9-7-16/h4-5,10,19H,3,6-9,11,17H2,1-2H3,(H,18,20). The lowest BCUT2D eigenvalue weighted by molar-refractivity contribution is 0.0300. The van der Waals surface area contributed by atoms with Crippen LogP contribution in [0.3, 0.4) is 0 Å². The maximum atomic E-state index is 11.9. The van der Waals surface area contributed by atoms with Crippen molar-refractivity contribution < 1.29 is 9.53 Å². The molecule has 0 unspecified atom stereocenters. The first kappa shape index (κ1) is 15.6. The number of carbonyl (C=O) groups is 1. The van der Waals surface area contributed by atoms with Crippen molar-refractivity contribution in [1.29, 1.82) is 0 Å². The second-order valence-corrected chi connectivity index (χ2v) is 5.94. The molecule has 0 saturated carbocycles. The Balaban J connectivity index is 2.05. The summed E-state index contributed by atoms with van der Waals surface area (Å²) in [5.41, 5.74) is 8.34. The smallest absolute Gasteiger partial charge is 0.251 e. The number of nitrogens with one attached hydrogen (secondary N) is 2. The molecule has 1 fully saturated rings. The molecule has 2 rings (SSSR count). The summed E-state index contributed by atoms with van der Waals surface area (Å²) in [7, 11) is 0. The average Bonchev–Trinajstić information content (AvgIpc) is 2.47. The number of nitrogens with two attached hydrogens (primary N) is 1. The van der Waals surface area contributed by atoms with Crippen molar-refractivity contribution in [2.45, 2.75) is 26.7 Å². The summed E-state index contributed by atoms with van der Waals surface area (Å²) in [4.78, 5) is 11.9. The fourth-order valence-electron chi connectivity index (χ4n) is 2.46. The Kier molecular flexibility index (Phi) is 5.07. The molecule has 4 N–H and O–H groups in total. The van der Waals surface area contributed by atoms with Gasteiger partial charge in [0.15, 0.2) is 0 Å². The van der Waals surface area contributed by atoms with Crippen LogP contribution in [0.15, 0.2) is 18.2 Å². The minimum absolute atomic E-state index is 0.0715. The summed E-state index contributed by atoms with van der Waals surface area (Å²) >= 11 is 0. The molecule has 1 amide bonds. The van der Waals surface area contributed by atoms with E-state index in [2.05, 4.69) is 17.6 Å². The number of benzene rings is 1.